The van der Waals surface area contributed by atoms with E-state index in [4.69, 9.17) is 4.74 Å². The first kappa shape index (κ1) is 16.9. The highest BCUT2D eigenvalue weighted by Crippen LogP contribution is 2.23. The molecule has 2 aromatic carbocycles. The number of amides is 1. The van der Waals surface area contributed by atoms with Gasteiger partial charge in [-0.05, 0) is 30.3 Å². The molecule has 0 aliphatic rings. The lowest BCUT2D eigenvalue weighted by atomic mass is 10.2. The molecule has 1 N–H and O–H groups in total. The number of methoxy groups -OCH3 is 1. The third-order valence-corrected chi connectivity index (χ3v) is 3.51. The maximum absolute atomic E-state index is 12.4. The average molecular weight is 345 g/mol. The van der Waals surface area contributed by atoms with Gasteiger partial charge in [-0.25, -0.2) is 0 Å². The first-order valence-corrected chi connectivity index (χ1v) is 7.75. The van der Waals surface area contributed by atoms with Crippen molar-refractivity contribution in [1.29, 1.82) is 5.26 Å². The van der Waals surface area contributed by atoms with E-state index in [2.05, 4.69) is 15.5 Å². The minimum Gasteiger partial charge on any atom is -0.495 e. The summed E-state index contributed by atoms with van der Waals surface area (Å²) in [6.45, 7) is 0. The number of hydrogen-bond acceptors (Lipinski definition) is 5. The van der Waals surface area contributed by atoms with Crippen molar-refractivity contribution in [2.75, 3.05) is 12.4 Å². The molecule has 128 valence electrons. The average Bonchev–Trinajstić information content (AvgIpc) is 3.16. The SMILES string of the molecule is COc1ccccc1NC(=O)/C(C#N)=C\c1cnn(-c2ccccc2)n1. The highest BCUT2D eigenvalue weighted by atomic mass is 16.5. The number of aromatic nitrogens is 3. The van der Waals surface area contributed by atoms with Crippen molar-refractivity contribution in [3.63, 3.8) is 0 Å². The Balaban J connectivity index is 1.81. The van der Waals surface area contributed by atoms with Gasteiger partial charge >= 0.3 is 0 Å². The summed E-state index contributed by atoms with van der Waals surface area (Å²) in [5.74, 6) is -0.0422. The minimum absolute atomic E-state index is 0.0870. The Labute approximate surface area is 150 Å². The maximum atomic E-state index is 12.4. The summed E-state index contributed by atoms with van der Waals surface area (Å²) in [7, 11) is 1.51. The Morgan fingerprint density at radius 2 is 1.92 bits per heavy atom. The van der Waals surface area contributed by atoms with Gasteiger partial charge in [-0.3, -0.25) is 4.79 Å². The van der Waals surface area contributed by atoms with Crippen LogP contribution in [0.15, 0.2) is 66.4 Å². The van der Waals surface area contributed by atoms with Crippen molar-refractivity contribution >= 4 is 17.7 Å². The van der Waals surface area contributed by atoms with E-state index in [1.54, 1.807) is 24.3 Å². The molecule has 1 aromatic heterocycles. The van der Waals surface area contributed by atoms with E-state index in [-0.39, 0.29) is 5.57 Å². The number of hydrogen-bond donors (Lipinski definition) is 1. The van der Waals surface area contributed by atoms with Crippen LogP contribution in [0.5, 0.6) is 5.75 Å². The topological polar surface area (TPSA) is 92.8 Å². The minimum atomic E-state index is -0.550. The molecule has 1 heterocycles. The van der Waals surface area contributed by atoms with Gasteiger partial charge < -0.3 is 10.1 Å². The van der Waals surface area contributed by atoms with E-state index in [1.165, 1.54) is 24.2 Å². The first-order chi connectivity index (χ1) is 12.7. The summed E-state index contributed by atoms with van der Waals surface area (Å²) in [4.78, 5) is 13.8. The normalized spacial score (nSPS) is 10.8. The van der Waals surface area contributed by atoms with Crippen molar-refractivity contribution in [2.45, 2.75) is 0 Å². The van der Waals surface area contributed by atoms with Crippen LogP contribution in [0.2, 0.25) is 0 Å². The van der Waals surface area contributed by atoms with Crippen molar-refractivity contribution < 1.29 is 9.53 Å². The number of benzene rings is 2. The fourth-order valence-corrected chi connectivity index (χ4v) is 2.26. The lowest BCUT2D eigenvalue weighted by Crippen LogP contribution is -2.14. The number of carbonyl (C=O) groups is 1. The molecule has 0 fully saturated rings. The van der Waals surface area contributed by atoms with E-state index >= 15 is 0 Å². The molecule has 0 radical (unpaired) electrons. The molecule has 0 bridgehead atoms. The summed E-state index contributed by atoms with van der Waals surface area (Å²) in [6.07, 6.45) is 2.87. The fraction of sp³-hybridized carbons (Fsp3) is 0.0526. The van der Waals surface area contributed by atoms with E-state index < -0.39 is 5.91 Å². The molecule has 3 aromatic rings. The Hall–Kier alpha value is -3.92. The zero-order valence-electron chi connectivity index (χ0n) is 14.0. The van der Waals surface area contributed by atoms with Gasteiger partial charge in [0.05, 0.1) is 24.7 Å². The predicted octanol–water partition coefficient (Wildman–Crippen LogP) is 2.82. The third-order valence-electron chi connectivity index (χ3n) is 3.51. The predicted molar refractivity (Wildman–Crippen MR) is 96.6 cm³/mol. The lowest BCUT2D eigenvalue weighted by Gasteiger charge is -2.08. The van der Waals surface area contributed by atoms with Crippen molar-refractivity contribution in [2.24, 2.45) is 0 Å². The number of nitriles is 1. The molecule has 7 nitrogen and oxygen atoms in total. The molecule has 0 atom stereocenters. The quantitative estimate of drug-likeness (QED) is 0.567. The van der Waals surface area contributed by atoms with Crippen LogP contribution in [0.4, 0.5) is 5.69 Å². The summed E-state index contributed by atoms with van der Waals surface area (Å²) < 4.78 is 5.19. The lowest BCUT2D eigenvalue weighted by molar-refractivity contribution is -0.112. The number of para-hydroxylation sites is 3. The Kier molecular flexibility index (Phi) is 5.05. The Bertz CT molecular complexity index is 986. The molecule has 1 amide bonds. The second-order valence-electron chi connectivity index (χ2n) is 5.22. The molecule has 7 heteroatoms. The van der Waals surface area contributed by atoms with Crippen LogP contribution in [0.1, 0.15) is 5.69 Å². The molecule has 0 aliphatic carbocycles. The highest BCUT2D eigenvalue weighted by Gasteiger charge is 2.13. The second kappa shape index (κ2) is 7.77. The number of ether oxygens (including phenoxy) is 1. The largest absolute Gasteiger partial charge is 0.495 e. The Morgan fingerprint density at radius 3 is 2.65 bits per heavy atom. The fourth-order valence-electron chi connectivity index (χ4n) is 2.26. The van der Waals surface area contributed by atoms with E-state index in [1.807, 2.05) is 36.4 Å². The number of carbonyl (C=O) groups excluding carboxylic acids is 1. The molecule has 3 rings (SSSR count). The van der Waals surface area contributed by atoms with Gasteiger partial charge in [0, 0.05) is 0 Å². The summed E-state index contributed by atoms with van der Waals surface area (Å²) in [6, 6.07) is 18.2. The van der Waals surface area contributed by atoms with Crippen LogP contribution in [-0.2, 0) is 4.79 Å². The molecule has 0 spiro atoms. The summed E-state index contributed by atoms with van der Waals surface area (Å²) in [5.41, 5.74) is 1.58. The van der Waals surface area contributed by atoms with E-state index in [9.17, 15) is 10.1 Å². The van der Waals surface area contributed by atoms with Crippen LogP contribution in [0.3, 0.4) is 0 Å². The second-order valence-corrected chi connectivity index (χ2v) is 5.22. The van der Waals surface area contributed by atoms with Gasteiger partial charge in [-0.1, -0.05) is 30.3 Å². The molecule has 0 saturated heterocycles. The molecule has 0 unspecified atom stereocenters. The number of nitrogens with one attached hydrogen (secondary N) is 1. The van der Waals surface area contributed by atoms with Crippen molar-refractivity contribution in [1.82, 2.24) is 15.0 Å². The van der Waals surface area contributed by atoms with Crippen LogP contribution < -0.4 is 10.1 Å². The monoisotopic (exact) mass is 345 g/mol. The zero-order valence-corrected chi connectivity index (χ0v) is 14.0. The van der Waals surface area contributed by atoms with Gasteiger partial charge in [-0.2, -0.15) is 15.2 Å². The molecular formula is C19H15N5O2. The van der Waals surface area contributed by atoms with Gasteiger partial charge in [-0.15, -0.1) is 5.10 Å². The number of nitrogens with zero attached hydrogens (tertiary/aromatic N) is 4. The maximum Gasteiger partial charge on any atom is 0.266 e. The van der Waals surface area contributed by atoms with Crippen molar-refractivity contribution in [3.8, 4) is 17.5 Å². The van der Waals surface area contributed by atoms with Gasteiger partial charge in [0.25, 0.3) is 5.91 Å². The summed E-state index contributed by atoms with van der Waals surface area (Å²) >= 11 is 0. The van der Waals surface area contributed by atoms with Gasteiger partial charge in [0.1, 0.15) is 23.1 Å². The molecule has 0 aliphatic heterocycles. The molecular weight excluding hydrogens is 330 g/mol. The molecule has 26 heavy (non-hydrogen) atoms. The number of rotatable bonds is 5. The zero-order chi connectivity index (χ0) is 18.4. The highest BCUT2D eigenvalue weighted by molar-refractivity contribution is 6.10. The van der Waals surface area contributed by atoms with Crippen LogP contribution in [0, 0.1) is 11.3 Å². The number of anilines is 1. The Morgan fingerprint density at radius 1 is 1.19 bits per heavy atom. The van der Waals surface area contributed by atoms with Gasteiger partial charge in [0.15, 0.2) is 0 Å². The van der Waals surface area contributed by atoms with Crippen LogP contribution in [-0.4, -0.2) is 28.0 Å². The first-order valence-electron chi connectivity index (χ1n) is 7.75. The van der Waals surface area contributed by atoms with Gasteiger partial charge in [0.2, 0.25) is 0 Å². The van der Waals surface area contributed by atoms with Crippen molar-refractivity contribution in [3.05, 3.63) is 72.1 Å². The smallest absolute Gasteiger partial charge is 0.266 e. The standard InChI is InChI=1S/C19H15N5O2/c1-26-18-10-6-5-9-17(18)22-19(25)14(12-20)11-15-13-21-24(23-15)16-7-3-2-4-8-16/h2-11,13H,1H3,(H,22,25)/b14-11-. The van der Waals surface area contributed by atoms with E-state index in [0.29, 0.717) is 17.1 Å². The molecule has 0 saturated carbocycles. The van der Waals surface area contributed by atoms with Crippen LogP contribution >= 0.6 is 0 Å². The van der Waals surface area contributed by atoms with E-state index in [0.717, 1.165) is 5.69 Å². The van der Waals surface area contributed by atoms with Crippen LogP contribution in [0.25, 0.3) is 11.8 Å². The summed E-state index contributed by atoms with van der Waals surface area (Å²) in [5, 5.41) is 20.4. The third kappa shape index (κ3) is 3.76.